The predicted octanol–water partition coefficient (Wildman–Crippen LogP) is 3.99. The monoisotopic (exact) mass is 397 g/mol. The van der Waals surface area contributed by atoms with Crippen molar-refractivity contribution >= 4 is 34.7 Å². The van der Waals surface area contributed by atoms with Crippen LogP contribution >= 0.6 is 12.2 Å². The number of nitrogens with one attached hydrogen (secondary N) is 2. The van der Waals surface area contributed by atoms with Gasteiger partial charge < -0.3 is 20.3 Å². The van der Waals surface area contributed by atoms with Crippen LogP contribution in [0.4, 0.5) is 11.4 Å². The Balaban J connectivity index is 1.43. The van der Waals surface area contributed by atoms with Gasteiger partial charge in [0.05, 0.1) is 12.2 Å². The van der Waals surface area contributed by atoms with Crippen molar-refractivity contribution in [2.24, 2.45) is 0 Å². The van der Waals surface area contributed by atoms with E-state index in [1.165, 1.54) is 24.1 Å². The quantitative estimate of drug-likeness (QED) is 0.419. The minimum Gasteiger partial charge on any atom is -0.462 e. The number of carbonyl (C=O) groups is 1. The number of thiocarbonyl (C=S) groups is 1. The summed E-state index contributed by atoms with van der Waals surface area (Å²) in [5.74, 6) is -0.327. The van der Waals surface area contributed by atoms with E-state index in [2.05, 4.69) is 39.8 Å². The van der Waals surface area contributed by atoms with Gasteiger partial charge in [0.1, 0.15) is 0 Å². The summed E-state index contributed by atoms with van der Waals surface area (Å²) in [7, 11) is 0. The number of hydrogen-bond acceptors (Lipinski definition) is 4. The van der Waals surface area contributed by atoms with E-state index in [0.29, 0.717) is 17.3 Å². The molecule has 0 aliphatic carbocycles. The zero-order valence-electron chi connectivity index (χ0n) is 16.2. The Morgan fingerprint density at radius 2 is 2.07 bits per heavy atom. The average Bonchev–Trinajstić information content (AvgIpc) is 2.71. The molecule has 0 spiro atoms. The maximum atomic E-state index is 11.8. The molecule has 0 radical (unpaired) electrons. The van der Waals surface area contributed by atoms with E-state index in [1.807, 2.05) is 12.1 Å². The molecule has 0 saturated heterocycles. The summed E-state index contributed by atoms with van der Waals surface area (Å²) in [4.78, 5) is 14.3. The molecule has 0 aromatic heterocycles. The summed E-state index contributed by atoms with van der Waals surface area (Å²) in [5.41, 5.74) is 4.09. The van der Waals surface area contributed by atoms with Gasteiger partial charge in [-0.1, -0.05) is 24.3 Å². The lowest BCUT2D eigenvalue weighted by Crippen LogP contribution is -2.34. The molecule has 0 atom stereocenters. The van der Waals surface area contributed by atoms with Crippen LogP contribution in [-0.4, -0.2) is 37.3 Å². The standard InChI is InChI=1S/C22H27N3O2S/c1-2-27-21(26)18-9-5-11-19(16-18)24-22(28)23-13-7-15-25-14-6-10-17-8-3-4-12-20(17)25/h3-5,8-9,11-12,16H,2,6-7,10,13-15H2,1H3,(H2,23,24,28). The normalized spacial score (nSPS) is 12.8. The topological polar surface area (TPSA) is 53.6 Å². The van der Waals surface area contributed by atoms with Crippen LogP contribution in [0.2, 0.25) is 0 Å². The highest BCUT2D eigenvalue weighted by molar-refractivity contribution is 7.80. The number of nitrogens with zero attached hydrogens (tertiary/aromatic N) is 1. The van der Waals surface area contributed by atoms with E-state index in [4.69, 9.17) is 17.0 Å². The fourth-order valence-corrected chi connectivity index (χ4v) is 3.65. The van der Waals surface area contributed by atoms with Crippen LogP contribution in [0.3, 0.4) is 0 Å². The van der Waals surface area contributed by atoms with Crippen LogP contribution < -0.4 is 15.5 Å². The summed E-state index contributed by atoms with van der Waals surface area (Å²) < 4.78 is 5.03. The van der Waals surface area contributed by atoms with Crippen molar-refractivity contribution in [3.63, 3.8) is 0 Å². The number of hydrogen-bond donors (Lipinski definition) is 2. The number of para-hydroxylation sites is 1. The van der Waals surface area contributed by atoms with Gasteiger partial charge in [0.2, 0.25) is 0 Å². The Hall–Kier alpha value is -2.60. The third kappa shape index (κ3) is 5.45. The summed E-state index contributed by atoms with van der Waals surface area (Å²) in [5, 5.41) is 6.93. The first-order valence-corrected chi connectivity index (χ1v) is 10.2. The van der Waals surface area contributed by atoms with Crippen molar-refractivity contribution in [1.82, 2.24) is 5.32 Å². The molecular formula is C22H27N3O2S. The van der Waals surface area contributed by atoms with Gasteiger partial charge in [0.15, 0.2) is 5.11 Å². The number of aryl methyl sites for hydroxylation is 1. The van der Waals surface area contributed by atoms with Crippen molar-refractivity contribution in [2.75, 3.05) is 36.5 Å². The first kappa shape index (κ1) is 20.1. The third-order valence-corrected chi connectivity index (χ3v) is 4.97. The third-order valence-electron chi connectivity index (χ3n) is 4.73. The van der Waals surface area contributed by atoms with Crippen molar-refractivity contribution < 1.29 is 9.53 Å². The number of carbonyl (C=O) groups excluding carboxylic acids is 1. The second-order valence-corrected chi connectivity index (χ2v) is 7.16. The number of anilines is 2. The average molecular weight is 398 g/mol. The molecule has 28 heavy (non-hydrogen) atoms. The minimum atomic E-state index is -0.327. The molecule has 2 N–H and O–H groups in total. The Bertz CT molecular complexity index is 825. The SMILES string of the molecule is CCOC(=O)c1cccc(NC(=S)NCCCN2CCCc3ccccc32)c1. The van der Waals surface area contributed by atoms with E-state index >= 15 is 0 Å². The van der Waals surface area contributed by atoms with E-state index in [-0.39, 0.29) is 5.97 Å². The molecule has 3 rings (SSSR count). The number of esters is 1. The Labute approximate surface area is 172 Å². The molecule has 5 nitrogen and oxygen atoms in total. The van der Waals surface area contributed by atoms with E-state index < -0.39 is 0 Å². The summed E-state index contributed by atoms with van der Waals surface area (Å²) in [6.07, 6.45) is 3.38. The van der Waals surface area contributed by atoms with Crippen molar-refractivity contribution in [1.29, 1.82) is 0 Å². The first-order chi connectivity index (χ1) is 13.7. The maximum absolute atomic E-state index is 11.8. The molecule has 0 saturated carbocycles. The van der Waals surface area contributed by atoms with Crippen LogP contribution in [0.5, 0.6) is 0 Å². The minimum absolute atomic E-state index is 0.327. The van der Waals surface area contributed by atoms with E-state index in [9.17, 15) is 4.79 Å². The smallest absolute Gasteiger partial charge is 0.338 e. The van der Waals surface area contributed by atoms with Gasteiger partial charge in [-0.2, -0.15) is 0 Å². The van der Waals surface area contributed by atoms with Gasteiger partial charge in [0.25, 0.3) is 0 Å². The van der Waals surface area contributed by atoms with Gasteiger partial charge in [-0.25, -0.2) is 4.79 Å². The van der Waals surface area contributed by atoms with Crippen molar-refractivity contribution in [3.05, 3.63) is 59.7 Å². The lowest BCUT2D eigenvalue weighted by atomic mass is 10.0. The first-order valence-electron chi connectivity index (χ1n) is 9.82. The van der Waals surface area contributed by atoms with Gasteiger partial charge >= 0.3 is 5.97 Å². The van der Waals surface area contributed by atoms with Crippen molar-refractivity contribution in [2.45, 2.75) is 26.2 Å². The summed E-state index contributed by atoms with van der Waals surface area (Å²) in [6.45, 7) is 5.06. The highest BCUT2D eigenvalue weighted by Gasteiger charge is 2.15. The Morgan fingerprint density at radius 1 is 1.21 bits per heavy atom. The number of benzene rings is 2. The fraction of sp³-hybridized carbons (Fsp3) is 0.364. The molecule has 6 heteroatoms. The summed E-state index contributed by atoms with van der Waals surface area (Å²) >= 11 is 5.38. The molecule has 148 valence electrons. The predicted molar refractivity (Wildman–Crippen MR) is 118 cm³/mol. The zero-order chi connectivity index (χ0) is 19.8. The van der Waals surface area contributed by atoms with Crippen molar-refractivity contribution in [3.8, 4) is 0 Å². The zero-order valence-corrected chi connectivity index (χ0v) is 17.1. The largest absolute Gasteiger partial charge is 0.462 e. The molecule has 1 heterocycles. The van der Waals surface area contributed by atoms with Gasteiger partial charge in [-0.05, 0) is 68.2 Å². The lowest BCUT2D eigenvalue weighted by molar-refractivity contribution is 0.0526. The van der Waals surface area contributed by atoms with E-state index in [1.54, 1.807) is 19.1 Å². The lowest BCUT2D eigenvalue weighted by Gasteiger charge is -2.31. The molecule has 1 aliphatic heterocycles. The van der Waals surface area contributed by atoms with E-state index in [0.717, 1.165) is 31.7 Å². The highest BCUT2D eigenvalue weighted by atomic mass is 32.1. The number of rotatable bonds is 7. The number of ether oxygens (including phenoxy) is 1. The summed E-state index contributed by atoms with van der Waals surface area (Å²) in [6, 6.07) is 15.8. The molecule has 0 fully saturated rings. The van der Waals surface area contributed by atoms with Crippen LogP contribution in [0.25, 0.3) is 0 Å². The Morgan fingerprint density at radius 3 is 2.93 bits per heavy atom. The van der Waals surface area contributed by atoms with Crippen LogP contribution in [0, 0.1) is 0 Å². The van der Waals surface area contributed by atoms with Crippen LogP contribution in [0.1, 0.15) is 35.7 Å². The number of fused-ring (bicyclic) bond motifs is 1. The second-order valence-electron chi connectivity index (χ2n) is 6.76. The van der Waals surface area contributed by atoms with Crippen LogP contribution in [0.15, 0.2) is 48.5 Å². The molecule has 1 aliphatic rings. The molecule has 2 aromatic carbocycles. The van der Waals surface area contributed by atoms with Gasteiger partial charge in [-0.15, -0.1) is 0 Å². The van der Waals surface area contributed by atoms with Gasteiger partial charge in [-0.3, -0.25) is 0 Å². The molecule has 0 unspecified atom stereocenters. The molecular weight excluding hydrogens is 370 g/mol. The highest BCUT2D eigenvalue weighted by Crippen LogP contribution is 2.26. The van der Waals surface area contributed by atoms with Gasteiger partial charge in [0, 0.05) is 31.0 Å². The second kappa shape index (κ2) is 10.1. The molecule has 2 aromatic rings. The van der Waals surface area contributed by atoms with Crippen LogP contribution in [-0.2, 0) is 11.2 Å². The molecule has 0 amide bonds. The maximum Gasteiger partial charge on any atom is 0.338 e. The Kier molecular flexibility index (Phi) is 7.25. The fourth-order valence-electron chi connectivity index (χ4n) is 3.43. The molecule has 0 bridgehead atoms.